The Labute approximate surface area is 137 Å². The second-order valence-electron chi connectivity index (χ2n) is 6.25. The van der Waals surface area contributed by atoms with Crippen molar-refractivity contribution in [3.8, 4) is 0 Å². The third-order valence-electron chi connectivity index (χ3n) is 4.49. The average molecular weight is 322 g/mol. The van der Waals surface area contributed by atoms with Gasteiger partial charge >= 0.3 is 0 Å². The van der Waals surface area contributed by atoms with Gasteiger partial charge in [0, 0.05) is 39.3 Å². The zero-order chi connectivity index (χ0) is 16.1. The quantitative estimate of drug-likeness (QED) is 0.744. The maximum absolute atomic E-state index is 12.3. The molecule has 0 unspecified atom stereocenters. The molecule has 6 heteroatoms. The molecule has 1 aromatic rings. The maximum atomic E-state index is 12.3. The first-order valence-corrected chi connectivity index (χ1v) is 8.50. The number of nitrogens with zero attached hydrogens (tertiary/aromatic N) is 2. The van der Waals surface area contributed by atoms with E-state index in [4.69, 9.17) is 13.9 Å². The monoisotopic (exact) mass is 322 g/mol. The summed E-state index contributed by atoms with van der Waals surface area (Å²) in [5, 5.41) is 0. The Bertz CT molecular complexity index is 502. The lowest BCUT2D eigenvalue weighted by atomic mass is 10.2. The first-order valence-electron chi connectivity index (χ1n) is 8.50. The highest BCUT2D eigenvalue weighted by atomic mass is 16.5. The highest BCUT2D eigenvalue weighted by Gasteiger charge is 2.24. The Morgan fingerprint density at radius 3 is 2.78 bits per heavy atom. The summed E-state index contributed by atoms with van der Waals surface area (Å²) in [4.78, 5) is 16.5. The number of amides is 1. The molecule has 1 aromatic heterocycles. The number of furan rings is 1. The summed E-state index contributed by atoms with van der Waals surface area (Å²) in [6.07, 6.45) is 2.56. The minimum Gasteiger partial charge on any atom is -0.456 e. The molecule has 0 bridgehead atoms. The van der Waals surface area contributed by atoms with Gasteiger partial charge in [0.05, 0.1) is 19.3 Å². The lowest BCUT2D eigenvalue weighted by Crippen LogP contribution is -2.49. The second kappa shape index (κ2) is 7.95. The molecule has 3 heterocycles. The van der Waals surface area contributed by atoms with Crippen molar-refractivity contribution in [3.63, 3.8) is 0 Å². The molecule has 0 N–H and O–H groups in total. The van der Waals surface area contributed by atoms with Crippen molar-refractivity contribution < 1.29 is 18.7 Å². The molecule has 2 fully saturated rings. The second-order valence-corrected chi connectivity index (χ2v) is 6.25. The third-order valence-corrected chi connectivity index (χ3v) is 4.49. The standard InChI is InChI=1S/C17H26N2O4/c1-14-4-5-16(23-14)17(20)19-8-6-18(7-9-19)10-12-21-13-15-3-2-11-22-15/h4-5,15H,2-3,6-13H2,1H3/t15-/m0/s1. The van der Waals surface area contributed by atoms with Crippen molar-refractivity contribution in [1.29, 1.82) is 0 Å². The normalized spacial score (nSPS) is 22.7. The predicted molar refractivity (Wildman–Crippen MR) is 85.6 cm³/mol. The Kier molecular flexibility index (Phi) is 5.70. The highest BCUT2D eigenvalue weighted by molar-refractivity contribution is 5.91. The molecule has 6 nitrogen and oxygen atoms in total. The van der Waals surface area contributed by atoms with Crippen LogP contribution in [0.4, 0.5) is 0 Å². The van der Waals surface area contributed by atoms with Gasteiger partial charge < -0.3 is 18.8 Å². The number of hydrogen-bond acceptors (Lipinski definition) is 5. The zero-order valence-corrected chi connectivity index (χ0v) is 13.8. The van der Waals surface area contributed by atoms with Gasteiger partial charge in [0.2, 0.25) is 0 Å². The van der Waals surface area contributed by atoms with Crippen LogP contribution in [0.3, 0.4) is 0 Å². The van der Waals surface area contributed by atoms with Gasteiger partial charge in [-0.25, -0.2) is 0 Å². The van der Waals surface area contributed by atoms with Crippen LogP contribution in [0.25, 0.3) is 0 Å². The fourth-order valence-electron chi connectivity index (χ4n) is 3.06. The lowest BCUT2D eigenvalue weighted by Gasteiger charge is -2.34. The molecule has 3 rings (SSSR count). The van der Waals surface area contributed by atoms with Crippen LogP contribution >= 0.6 is 0 Å². The number of carbonyl (C=O) groups excluding carboxylic acids is 1. The van der Waals surface area contributed by atoms with Crippen molar-refractivity contribution in [2.45, 2.75) is 25.9 Å². The van der Waals surface area contributed by atoms with E-state index in [0.717, 1.165) is 64.5 Å². The number of piperazine rings is 1. The summed E-state index contributed by atoms with van der Waals surface area (Å²) in [6.45, 7) is 8.32. The molecular weight excluding hydrogens is 296 g/mol. The van der Waals surface area contributed by atoms with E-state index in [1.54, 1.807) is 6.07 Å². The van der Waals surface area contributed by atoms with Crippen LogP contribution in [0.5, 0.6) is 0 Å². The van der Waals surface area contributed by atoms with Crippen molar-refractivity contribution in [2.75, 3.05) is 52.5 Å². The summed E-state index contributed by atoms with van der Waals surface area (Å²) < 4.78 is 16.7. The Morgan fingerprint density at radius 1 is 1.30 bits per heavy atom. The van der Waals surface area contributed by atoms with E-state index < -0.39 is 0 Å². The van der Waals surface area contributed by atoms with Crippen LogP contribution in [0.1, 0.15) is 29.2 Å². The molecule has 128 valence electrons. The fraction of sp³-hybridized carbons (Fsp3) is 0.706. The van der Waals surface area contributed by atoms with Crippen LogP contribution in [0.2, 0.25) is 0 Å². The molecular formula is C17H26N2O4. The van der Waals surface area contributed by atoms with E-state index in [2.05, 4.69) is 4.90 Å². The van der Waals surface area contributed by atoms with Crippen molar-refractivity contribution in [1.82, 2.24) is 9.80 Å². The molecule has 0 aliphatic carbocycles. The predicted octanol–water partition coefficient (Wildman–Crippen LogP) is 1.54. The van der Waals surface area contributed by atoms with Crippen LogP contribution in [0.15, 0.2) is 16.5 Å². The van der Waals surface area contributed by atoms with Crippen LogP contribution in [-0.2, 0) is 9.47 Å². The summed E-state index contributed by atoms with van der Waals surface area (Å²) in [6, 6.07) is 3.58. The number of rotatable bonds is 6. The van der Waals surface area contributed by atoms with Gasteiger partial charge in [-0.2, -0.15) is 0 Å². The number of aryl methyl sites for hydroxylation is 1. The molecule has 1 atom stereocenters. The third kappa shape index (κ3) is 4.56. The zero-order valence-electron chi connectivity index (χ0n) is 13.8. The largest absolute Gasteiger partial charge is 0.456 e. The number of ether oxygens (including phenoxy) is 2. The van der Waals surface area contributed by atoms with Crippen molar-refractivity contribution >= 4 is 5.91 Å². The van der Waals surface area contributed by atoms with E-state index in [-0.39, 0.29) is 5.91 Å². The highest BCUT2D eigenvalue weighted by Crippen LogP contribution is 2.13. The molecule has 0 radical (unpaired) electrons. The Hall–Kier alpha value is -1.37. The first kappa shape index (κ1) is 16.5. The molecule has 2 saturated heterocycles. The minimum atomic E-state index is -0.00705. The van der Waals surface area contributed by atoms with Gasteiger partial charge in [0.25, 0.3) is 5.91 Å². The molecule has 23 heavy (non-hydrogen) atoms. The maximum Gasteiger partial charge on any atom is 0.289 e. The molecule has 0 saturated carbocycles. The summed E-state index contributed by atoms with van der Waals surface area (Å²) >= 11 is 0. The lowest BCUT2D eigenvalue weighted by molar-refractivity contribution is 0.00642. The topological polar surface area (TPSA) is 55.2 Å². The van der Waals surface area contributed by atoms with Gasteiger partial charge in [0.1, 0.15) is 5.76 Å². The van der Waals surface area contributed by atoms with Gasteiger partial charge in [-0.3, -0.25) is 9.69 Å². The molecule has 2 aliphatic heterocycles. The number of carbonyl (C=O) groups is 1. The van der Waals surface area contributed by atoms with E-state index in [1.165, 1.54) is 0 Å². The van der Waals surface area contributed by atoms with Crippen LogP contribution < -0.4 is 0 Å². The summed E-state index contributed by atoms with van der Waals surface area (Å²) in [7, 11) is 0. The SMILES string of the molecule is Cc1ccc(C(=O)N2CCN(CCOC[C@@H]3CCCO3)CC2)o1. The van der Waals surface area contributed by atoms with Crippen molar-refractivity contribution in [2.24, 2.45) is 0 Å². The van der Waals surface area contributed by atoms with Gasteiger partial charge in [-0.1, -0.05) is 0 Å². The molecule has 2 aliphatic rings. The van der Waals surface area contributed by atoms with E-state index >= 15 is 0 Å². The average Bonchev–Trinajstić information content (AvgIpc) is 3.23. The van der Waals surface area contributed by atoms with Crippen LogP contribution in [0, 0.1) is 6.92 Å². The summed E-state index contributed by atoms with van der Waals surface area (Å²) in [5.41, 5.74) is 0. The first-order chi connectivity index (χ1) is 11.2. The molecule has 0 spiro atoms. The van der Waals surface area contributed by atoms with Gasteiger partial charge in [-0.05, 0) is 31.9 Å². The van der Waals surface area contributed by atoms with E-state index in [1.807, 2.05) is 17.9 Å². The molecule has 1 amide bonds. The van der Waals surface area contributed by atoms with E-state index in [0.29, 0.717) is 18.5 Å². The van der Waals surface area contributed by atoms with Crippen molar-refractivity contribution in [3.05, 3.63) is 23.7 Å². The minimum absolute atomic E-state index is 0.00705. The van der Waals surface area contributed by atoms with Gasteiger partial charge in [0.15, 0.2) is 5.76 Å². The Balaban J connectivity index is 1.32. The smallest absolute Gasteiger partial charge is 0.289 e. The van der Waals surface area contributed by atoms with E-state index in [9.17, 15) is 4.79 Å². The number of hydrogen-bond donors (Lipinski definition) is 0. The molecule has 0 aromatic carbocycles. The van der Waals surface area contributed by atoms with Crippen LogP contribution in [-0.4, -0.2) is 74.4 Å². The summed E-state index contributed by atoms with van der Waals surface area (Å²) in [5.74, 6) is 1.21. The Morgan fingerprint density at radius 2 is 2.13 bits per heavy atom. The van der Waals surface area contributed by atoms with Gasteiger partial charge in [-0.15, -0.1) is 0 Å². The fourth-order valence-corrected chi connectivity index (χ4v) is 3.06.